The molecule has 16 heavy (non-hydrogen) atoms. The Kier molecular flexibility index (Phi) is 3.06. The number of nitrogens with one attached hydrogen (secondary N) is 1. The van der Waals surface area contributed by atoms with Crippen LogP contribution in [0.25, 0.3) is 0 Å². The Labute approximate surface area is 95.7 Å². The second-order valence-electron chi connectivity index (χ2n) is 4.12. The number of aromatic amines is 1. The van der Waals surface area contributed by atoms with Crippen LogP contribution in [0.3, 0.4) is 0 Å². The van der Waals surface area contributed by atoms with E-state index in [0.29, 0.717) is 6.54 Å². The fraction of sp³-hybridized carbons (Fsp3) is 0.308. The van der Waals surface area contributed by atoms with Gasteiger partial charge in [-0.3, -0.25) is 0 Å². The third-order valence-electron chi connectivity index (χ3n) is 2.89. The molecular formula is C13H17N3. The van der Waals surface area contributed by atoms with Crippen molar-refractivity contribution in [1.29, 1.82) is 0 Å². The molecular weight excluding hydrogens is 198 g/mol. The van der Waals surface area contributed by atoms with Crippen LogP contribution in [0.4, 0.5) is 0 Å². The van der Waals surface area contributed by atoms with Gasteiger partial charge in [0.1, 0.15) is 5.82 Å². The highest BCUT2D eigenvalue weighted by Gasteiger charge is 2.16. The highest BCUT2D eigenvalue weighted by molar-refractivity contribution is 5.36. The van der Waals surface area contributed by atoms with E-state index >= 15 is 0 Å². The first-order valence-electron chi connectivity index (χ1n) is 5.49. The Morgan fingerprint density at radius 2 is 2.19 bits per heavy atom. The van der Waals surface area contributed by atoms with Crippen molar-refractivity contribution in [2.75, 3.05) is 6.54 Å². The number of aromatic nitrogens is 2. The molecule has 0 saturated heterocycles. The van der Waals surface area contributed by atoms with E-state index in [1.54, 1.807) is 6.20 Å². The van der Waals surface area contributed by atoms with Gasteiger partial charge in [-0.1, -0.05) is 23.8 Å². The van der Waals surface area contributed by atoms with Gasteiger partial charge in [0, 0.05) is 18.9 Å². The summed E-state index contributed by atoms with van der Waals surface area (Å²) < 4.78 is 0. The summed E-state index contributed by atoms with van der Waals surface area (Å²) in [6.45, 7) is 4.78. The number of rotatable bonds is 3. The molecule has 0 aliphatic heterocycles. The molecule has 0 fully saturated rings. The molecule has 0 radical (unpaired) electrons. The highest BCUT2D eigenvalue weighted by atomic mass is 14.9. The van der Waals surface area contributed by atoms with Crippen LogP contribution in [0.1, 0.15) is 28.4 Å². The predicted octanol–water partition coefficient (Wildman–Crippen LogP) is 2.12. The number of nitrogens with two attached hydrogens (primary N) is 1. The molecule has 1 aromatic carbocycles. The van der Waals surface area contributed by atoms with Crippen molar-refractivity contribution >= 4 is 0 Å². The van der Waals surface area contributed by atoms with E-state index in [4.69, 9.17) is 5.73 Å². The summed E-state index contributed by atoms with van der Waals surface area (Å²) in [6, 6.07) is 6.44. The Balaban J connectivity index is 2.41. The highest BCUT2D eigenvalue weighted by Crippen LogP contribution is 2.24. The van der Waals surface area contributed by atoms with Gasteiger partial charge >= 0.3 is 0 Å². The lowest BCUT2D eigenvalue weighted by atomic mass is 9.93. The lowest BCUT2D eigenvalue weighted by Gasteiger charge is -2.15. The SMILES string of the molecule is Cc1ccc(C(CN)c2ncc[nH]2)c(C)c1. The Morgan fingerprint density at radius 1 is 1.38 bits per heavy atom. The van der Waals surface area contributed by atoms with Crippen LogP contribution in [0, 0.1) is 13.8 Å². The summed E-state index contributed by atoms with van der Waals surface area (Å²) in [7, 11) is 0. The van der Waals surface area contributed by atoms with E-state index in [-0.39, 0.29) is 5.92 Å². The zero-order valence-corrected chi connectivity index (χ0v) is 9.70. The van der Waals surface area contributed by atoms with Gasteiger partial charge < -0.3 is 10.7 Å². The van der Waals surface area contributed by atoms with Crippen LogP contribution in [0.15, 0.2) is 30.6 Å². The smallest absolute Gasteiger partial charge is 0.114 e. The summed E-state index contributed by atoms with van der Waals surface area (Å²) in [5.41, 5.74) is 9.64. The second-order valence-corrected chi connectivity index (χ2v) is 4.12. The molecule has 3 heteroatoms. The van der Waals surface area contributed by atoms with Crippen LogP contribution in [-0.2, 0) is 0 Å². The third kappa shape index (κ3) is 1.99. The molecule has 84 valence electrons. The fourth-order valence-electron chi connectivity index (χ4n) is 2.07. The van der Waals surface area contributed by atoms with Crippen molar-refractivity contribution in [3.63, 3.8) is 0 Å². The van der Waals surface area contributed by atoms with E-state index in [0.717, 1.165) is 5.82 Å². The molecule has 3 N–H and O–H groups in total. The maximum absolute atomic E-state index is 5.84. The van der Waals surface area contributed by atoms with E-state index in [1.165, 1.54) is 16.7 Å². The van der Waals surface area contributed by atoms with Crippen molar-refractivity contribution in [2.24, 2.45) is 5.73 Å². The molecule has 0 bridgehead atoms. The standard InChI is InChI=1S/C13H17N3/c1-9-3-4-11(10(2)7-9)12(8-14)13-15-5-6-16-13/h3-7,12H,8,14H2,1-2H3,(H,15,16). The first-order valence-corrected chi connectivity index (χ1v) is 5.49. The number of aryl methyl sites for hydroxylation is 2. The largest absolute Gasteiger partial charge is 0.348 e. The molecule has 1 unspecified atom stereocenters. The molecule has 3 nitrogen and oxygen atoms in total. The van der Waals surface area contributed by atoms with Gasteiger partial charge in [-0.05, 0) is 25.0 Å². The van der Waals surface area contributed by atoms with Gasteiger partial charge in [0.2, 0.25) is 0 Å². The number of H-pyrrole nitrogens is 1. The minimum absolute atomic E-state index is 0.163. The minimum atomic E-state index is 0.163. The zero-order chi connectivity index (χ0) is 11.5. The molecule has 2 rings (SSSR count). The Bertz CT molecular complexity index is 460. The zero-order valence-electron chi connectivity index (χ0n) is 9.70. The monoisotopic (exact) mass is 215 g/mol. The van der Waals surface area contributed by atoms with Crippen LogP contribution >= 0.6 is 0 Å². The van der Waals surface area contributed by atoms with Gasteiger partial charge in [-0.2, -0.15) is 0 Å². The van der Waals surface area contributed by atoms with Crippen molar-refractivity contribution in [1.82, 2.24) is 9.97 Å². The first-order chi connectivity index (χ1) is 7.72. The van der Waals surface area contributed by atoms with E-state index < -0.39 is 0 Å². The van der Waals surface area contributed by atoms with E-state index in [1.807, 2.05) is 6.20 Å². The molecule has 0 aliphatic rings. The third-order valence-corrected chi connectivity index (χ3v) is 2.89. The number of imidazole rings is 1. The number of benzene rings is 1. The average molecular weight is 215 g/mol. The molecule has 0 saturated carbocycles. The first kappa shape index (κ1) is 10.9. The van der Waals surface area contributed by atoms with Crippen molar-refractivity contribution < 1.29 is 0 Å². The van der Waals surface area contributed by atoms with Crippen molar-refractivity contribution in [2.45, 2.75) is 19.8 Å². The molecule has 0 aliphatic carbocycles. The van der Waals surface area contributed by atoms with Gasteiger partial charge in [0.15, 0.2) is 0 Å². The van der Waals surface area contributed by atoms with Crippen molar-refractivity contribution in [3.05, 3.63) is 53.1 Å². The second kappa shape index (κ2) is 4.49. The topological polar surface area (TPSA) is 54.7 Å². The summed E-state index contributed by atoms with van der Waals surface area (Å²) in [6.07, 6.45) is 3.60. The minimum Gasteiger partial charge on any atom is -0.348 e. The maximum Gasteiger partial charge on any atom is 0.114 e. The van der Waals surface area contributed by atoms with E-state index in [2.05, 4.69) is 42.0 Å². The number of nitrogens with zero attached hydrogens (tertiary/aromatic N) is 1. The van der Waals surface area contributed by atoms with Gasteiger partial charge in [0.25, 0.3) is 0 Å². The Morgan fingerprint density at radius 3 is 2.75 bits per heavy atom. The quantitative estimate of drug-likeness (QED) is 0.824. The lowest BCUT2D eigenvalue weighted by molar-refractivity contribution is 0.759. The average Bonchev–Trinajstić information content (AvgIpc) is 2.75. The number of hydrogen-bond acceptors (Lipinski definition) is 2. The van der Waals surface area contributed by atoms with Crippen LogP contribution in [-0.4, -0.2) is 16.5 Å². The maximum atomic E-state index is 5.84. The lowest BCUT2D eigenvalue weighted by Crippen LogP contribution is -2.16. The molecule has 1 atom stereocenters. The molecule has 2 aromatic rings. The van der Waals surface area contributed by atoms with Crippen molar-refractivity contribution in [3.8, 4) is 0 Å². The molecule has 0 amide bonds. The predicted molar refractivity (Wildman–Crippen MR) is 65.4 cm³/mol. The van der Waals surface area contributed by atoms with Crippen LogP contribution in [0.2, 0.25) is 0 Å². The normalized spacial score (nSPS) is 12.7. The van der Waals surface area contributed by atoms with Crippen LogP contribution < -0.4 is 5.73 Å². The Hall–Kier alpha value is -1.61. The van der Waals surface area contributed by atoms with Gasteiger partial charge in [0.05, 0.1) is 5.92 Å². The number of hydrogen-bond donors (Lipinski definition) is 2. The summed E-state index contributed by atoms with van der Waals surface area (Å²) in [5, 5.41) is 0. The van der Waals surface area contributed by atoms with Gasteiger partial charge in [-0.25, -0.2) is 4.98 Å². The molecule has 1 aromatic heterocycles. The summed E-state index contributed by atoms with van der Waals surface area (Å²) in [5.74, 6) is 1.10. The molecule has 0 spiro atoms. The van der Waals surface area contributed by atoms with E-state index in [9.17, 15) is 0 Å². The fourth-order valence-corrected chi connectivity index (χ4v) is 2.07. The summed E-state index contributed by atoms with van der Waals surface area (Å²) >= 11 is 0. The van der Waals surface area contributed by atoms with Crippen LogP contribution in [0.5, 0.6) is 0 Å². The molecule has 1 heterocycles. The van der Waals surface area contributed by atoms with Gasteiger partial charge in [-0.15, -0.1) is 0 Å². The summed E-state index contributed by atoms with van der Waals surface area (Å²) in [4.78, 5) is 7.43.